The molecule has 13 rings (SSSR count). The van der Waals surface area contributed by atoms with E-state index in [4.69, 9.17) is 9.98 Å². The first-order valence-corrected chi connectivity index (χ1v) is 22.4. The van der Waals surface area contributed by atoms with Crippen molar-refractivity contribution in [2.45, 2.75) is 19.4 Å². The fraction of sp³-hybridized carbons (Fsp3) is 0.0667. The summed E-state index contributed by atoms with van der Waals surface area (Å²) in [5, 5.41) is 12.2. The van der Waals surface area contributed by atoms with Crippen LogP contribution in [0.1, 0.15) is 36.1 Å². The molecule has 0 fully saturated rings. The molecule has 2 unspecified atom stereocenters. The minimum atomic E-state index is -0.0971. The molecule has 2 atom stereocenters. The van der Waals surface area contributed by atoms with Crippen LogP contribution in [0.25, 0.3) is 87.3 Å². The molecule has 0 aliphatic carbocycles. The molecule has 3 heterocycles. The van der Waals surface area contributed by atoms with Crippen LogP contribution in [0, 0.1) is 5.92 Å². The maximum Gasteiger partial charge on any atom is 0.155 e. The van der Waals surface area contributed by atoms with Crippen molar-refractivity contribution in [3.63, 3.8) is 0 Å². The second-order valence-electron chi connectivity index (χ2n) is 17.2. The van der Waals surface area contributed by atoms with Gasteiger partial charge in [0, 0.05) is 50.0 Å². The molecule has 12 aromatic rings. The standard InChI is InChI=1S/C60H42N4/c1-2-46-58(40-19-5-3-6-20-40)61-60(43-30-29-38-17-9-10-21-41(38)33-43)62-59(46)51-35-45(34-42-22-12-13-25-47(42)51)64-53-28-16-15-27-49(53)50-36-52-56(37-55(50)64)63(44-23-7-4-8-24-44)54-32-31-39-18-11-14-26-48(39)57(52)54/h3-37,46,58H,2H2,1H3. The third-order valence-corrected chi connectivity index (χ3v) is 13.7. The maximum absolute atomic E-state index is 5.64. The number of benzene rings is 10. The first-order chi connectivity index (χ1) is 31.7. The Balaban J connectivity index is 1.10. The van der Waals surface area contributed by atoms with Crippen molar-refractivity contribution in [3.8, 4) is 11.4 Å². The molecule has 0 radical (unpaired) electrons. The van der Waals surface area contributed by atoms with Crippen LogP contribution in [0.5, 0.6) is 0 Å². The van der Waals surface area contributed by atoms with Gasteiger partial charge in [-0.15, -0.1) is 0 Å². The van der Waals surface area contributed by atoms with Gasteiger partial charge in [0.25, 0.3) is 0 Å². The molecule has 1 aliphatic heterocycles. The highest BCUT2D eigenvalue weighted by Crippen LogP contribution is 2.44. The summed E-state index contributed by atoms with van der Waals surface area (Å²) < 4.78 is 4.94. The van der Waals surface area contributed by atoms with Crippen LogP contribution < -0.4 is 0 Å². The lowest BCUT2D eigenvalue weighted by Gasteiger charge is -2.30. The van der Waals surface area contributed by atoms with Gasteiger partial charge < -0.3 is 9.13 Å². The highest BCUT2D eigenvalue weighted by molar-refractivity contribution is 6.26. The highest BCUT2D eigenvalue weighted by atomic mass is 15.0. The monoisotopic (exact) mass is 818 g/mol. The molecule has 0 N–H and O–H groups in total. The third-order valence-electron chi connectivity index (χ3n) is 13.7. The number of hydrogen-bond acceptors (Lipinski definition) is 2. The molecule has 2 aromatic heterocycles. The number of rotatable bonds is 6. The lowest BCUT2D eigenvalue weighted by molar-refractivity contribution is 0.533. The predicted molar refractivity (Wildman–Crippen MR) is 270 cm³/mol. The van der Waals surface area contributed by atoms with Gasteiger partial charge in [-0.05, 0) is 98.9 Å². The van der Waals surface area contributed by atoms with Gasteiger partial charge in [-0.1, -0.05) is 165 Å². The van der Waals surface area contributed by atoms with E-state index in [1.54, 1.807) is 0 Å². The van der Waals surface area contributed by atoms with E-state index in [2.05, 4.69) is 228 Å². The minimum Gasteiger partial charge on any atom is -0.309 e. The van der Waals surface area contributed by atoms with Gasteiger partial charge in [-0.25, -0.2) is 4.99 Å². The van der Waals surface area contributed by atoms with Gasteiger partial charge in [0.15, 0.2) is 5.84 Å². The Morgan fingerprint density at radius 1 is 0.422 bits per heavy atom. The van der Waals surface area contributed by atoms with Gasteiger partial charge >= 0.3 is 0 Å². The Morgan fingerprint density at radius 2 is 1.06 bits per heavy atom. The van der Waals surface area contributed by atoms with Gasteiger partial charge in [0.1, 0.15) is 0 Å². The lowest BCUT2D eigenvalue weighted by atomic mass is 9.81. The first-order valence-electron chi connectivity index (χ1n) is 22.4. The second-order valence-corrected chi connectivity index (χ2v) is 17.2. The van der Waals surface area contributed by atoms with E-state index in [1.165, 1.54) is 76.0 Å². The quantitative estimate of drug-likeness (QED) is 0.160. The normalized spacial score (nSPS) is 15.5. The van der Waals surface area contributed by atoms with Gasteiger partial charge in [0.2, 0.25) is 0 Å². The van der Waals surface area contributed by atoms with Crippen LogP contribution >= 0.6 is 0 Å². The molecular formula is C60H42N4. The fourth-order valence-electron chi connectivity index (χ4n) is 10.7. The van der Waals surface area contributed by atoms with E-state index in [0.717, 1.165) is 46.0 Å². The van der Waals surface area contributed by atoms with Crippen LogP contribution in [0.3, 0.4) is 0 Å². The van der Waals surface area contributed by atoms with Crippen molar-refractivity contribution in [3.05, 3.63) is 229 Å². The maximum atomic E-state index is 5.64. The Hall–Kier alpha value is -8.08. The molecule has 64 heavy (non-hydrogen) atoms. The Kier molecular flexibility index (Phi) is 8.29. The average Bonchev–Trinajstić information content (AvgIpc) is 3.87. The number of para-hydroxylation sites is 2. The van der Waals surface area contributed by atoms with Crippen molar-refractivity contribution >= 4 is 87.5 Å². The lowest BCUT2D eigenvalue weighted by Crippen LogP contribution is -2.28. The van der Waals surface area contributed by atoms with E-state index in [1.807, 2.05) is 0 Å². The summed E-state index contributed by atoms with van der Waals surface area (Å²) in [6, 6.07) is 77.4. The fourth-order valence-corrected chi connectivity index (χ4v) is 10.7. The van der Waals surface area contributed by atoms with Crippen LogP contribution in [0.15, 0.2) is 222 Å². The molecular weight excluding hydrogens is 777 g/mol. The molecule has 4 nitrogen and oxygen atoms in total. The molecule has 0 spiro atoms. The number of fused-ring (bicyclic) bond motifs is 10. The van der Waals surface area contributed by atoms with Crippen LogP contribution in [0.2, 0.25) is 0 Å². The highest BCUT2D eigenvalue weighted by Gasteiger charge is 2.33. The third kappa shape index (κ3) is 5.62. The van der Waals surface area contributed by atoms with Gasteiger partial charge in [-0.2, -0.15) is 0 Å². The van der Waals surface area contributed by atoms with E-state index in [-0.39, 0.29) is 12.0 Å². The van der Waals surface area contributed by atoms with Crippen molar-refractivity contribution in [2.75, 3.05) is 0 Å². The van der Waals surface area contributed by atoms with E-state index in [9.17, 15) is 0 Å². The predicted octanol–water partition coefficient (Wildman–Crippen LogP) is 15.4. The van der Waals surface area contributed by atoms with E-state index >= 15 is 0 Å². The number of nitrogens with zero attached hydrogens (tertiary/aromatic N) is 4. The van der Waals surface area contributed by atoms with Crippen LogP contribution in [0.4, 0.5) is 0 Å². The second kappa shape index (κ2) is 14.5. The number of amidine groups is 1. The zero-order valence-corrected chi connectivity index (χ0v) is 35.4. The Bertz CT molecular complexity index is 3890. The van der Waals surface area contributed by atoms with E-state index in [0.29, 0.717) is 0 Å². The van der Waals surface area contributed by atoms with Crippen molar-refractivity contribution < 1.29 is 0 Å². The minimum absolute atomic E-state index is 0.0550. The molecule has 0 bridgehead atoms. The molecule has 0 amide bonds. The van der Waals surface area contributed by atoms with Crippen molar-refractivity contribution in [1.29, 1.82) is 0 Å². The molecule has 4 heteroatoms. The molecule has 0 saturated carbocycles. The topological polar surface area (TPSA) is 34.6 Å². The Morgan fingerprint density at radius 3 is 1.88 bits per heavy atom. The zero-order chi connectivity index (χ0) is 42.3. The molecule has 0 saturated heterocycles. The Labute approximate surface area is 370 Å². The molecule has 1 aliphatic rings. The average molecular weight is 819 g/mol. The largest absolute Gasteiger partial charge is 0.309 e. The number of hydrogen-bond donors (Lipinski definition) is 0. The number of aromatic nitrogens is 2. The summed E-state index contributed by atoms with van der Waals surface area (Å²) in [7, 11) is 0. The van der Waals surface area contributed by atoms with Gasteiger partial charge in [0.05, 0.1) is 33.8 Å². The van der Waals surface area contributed by atoms with Crippen molar-refractivity contribution in [2.24, 2.45) is 15.9 Å². The zero-order valence-electron chi connectivity index (χ0n) is 35.4. The molecule has 302 valence electrons. The smallest absolute Gasteiger partial charge is 0.155 e. The SMILES string of the molecule is CCC1C(c2cc(-n3c4ccccc4c4cc5c6c7ccccc7ccc6n(-c6ccccc6)c5cc43)cc3ccccc23)=NC(c2ccc3ccccc3c2)=NC1c1ccccc1. The summed E-state index contributed by atoms with van der Waals surface area (Å²) in [5.41, 5.74) is 11.4. The summed E-state index contributed by atoms with van der Waals surface area (Å²) in [5.74, 6) is 0.828. The number of aliphatic imine (C=N–C) groups is 2. The summed E-state index contributed by atoms with van der Waals surface area (Å²) in [6.45, 7) is 2.28. The molecule has 10 aromatic carbocycles. The van der Waals surface area contributed by atoms with Crippen LogP contribution in [-0.2, 0) is 0 Å². The summed E-state index contributed by atoms with van der Waals surface area (Å²) in [4.78, 5) is 11.2. The first kappa shape index (κ1) is 36.6. The van der Waals surface area contributed by atoms with E-state index < -0.39 is 0 Å². The van der Waals surface area contributed by atoms with Crippen molar-refractivity contribution in [1.82, 2.24) is 9.13 Å². The van der Waals surface area contributed by atoms with Gasteiger partial charge in [-0.3, -0.25) is 4.99 Å². The summed E-state index contributed by atoms with van der Waals surface area (Å²) in [6.07, 6.45) is 0.886. The summed E-state index contributed by atoms with van der Waals surface area (Å²) >= 11 is 0. The van der Waals surface area contributed by atoms with Crippen LogP contribution in [-0.4, -0.2) is 20.7 Å².